The van der Waals surface area contributed by atoms with Crippen molar-refractivity contribution in [1.82, 2.24) is 4.90 Å². The van der Waals surface area contributed by atoms with Crippen molar-refractivity contribution in [1.29, 1.82) is 0 Å². The Bertz CT molecular complexity index is 562. The molecule has 1 aromatic rings. The Hall–Kier alpha value is -1.46. The van der Waals surface area contributed by atoms with E-state index in [0.717, 1.165) is 5.56 Å². The molecule has 2 saturated heterocycles. The van der Waals surface area contributed by atoms with Crippen LogP contribution in [0.3, 0.4) is 0 Å². The van der Waals surface area contributed by atoms with E-state index < -0.39 is 23.2 Å². The summed E-state index contributed by atoms with van der Waals surface area (Å²) in [5, 5.41) is 0. The Morgan fingerprint density at radius 3 is 2.68 bits per heavy atom. The number of alkyl halides is 1. The van der Waals surface area contributed by atoms with Crippen LogP contribution in [0.2, 0.25) is 0 Å². The Morgan fingerprint density at radius 2 is 2.05 bits per heavy atom. The minimum Gasteiger partial charge on any atom is -0.373 e. The summed E-state index contributed by atoms with van der Waals surface area (Å²) in [6.07, 6.45) is 0. The summed E-state index contributed by atoms with van der Waals surface area (Å²) in [5.74, 6) is -0.960. The normalized spacial score (nSPS) is 33.3. The smallest absolute Gasteiger partial charge is 0.265 e. The van der Waals surface area contributed by atoms with Crippen LogP contribution in [0.15, 0.2) is 30.3 Å². The van der Waals surface area contributed by atoms with Crippen LogP contribution < -0.4 is 0 Å². The number of amides is 1. The van der Waals surface area contributed by atoms with Crippen molar-refractivity contribution in [2.24, 2.45) is 5.92 Å². The monoisotopic (exact) mass is 307 g/mol. The number of hydrogen-bond donors (Lipinski definition) is 0. The van der Waals surface area contributed by atoms with Gasteiger partial charge in [-0.1, -0.05) is 37.3 Å². The van der Waals surface area contributed by atoms with E-state index in [2.05, 4.69) is 0 Å². The van der Waals surface area contributed by atoms with E-state index >= 15 is 4.39 Å². The number of halogens is 1. The molecule has 0 aromatic heterocycles. The van der Waals surface area contributed by atoms with E-state index in [4.69, 9.17) is 9.47 Å². The molecule has 1 aromatic carbocycles. The van der Waals surface area contributed by atoms with E-state index in [-0.39, 0.29) is 12.6 Å². The number of fused-ring (bicyclic) bond motifs is 1. The summed E-state index contributed by atoms with van der Waals surface area (Å²) in [4.78, 5) is 14.1. The third-order valence-corrected chi connectivity index (χ3v) is 4.82. The Kier molecular flexibility index (Phi) is 3.73. The molecule has 0 unspecified atom stereocenters. The van der Waals surface area contributed by atoms with E-state index in [1.54, 1.807) is 25.7 Å². The summed E-state index contributed by atoms with van der Waals surface area (Å²) < 4.78 is 26.4. The van der Waals surface area contributed by atoms with Crippen molar-refractivity contribution in [2.45, 2.75) is 44.8 Å². The summed E-state index contributed by atoms with van der Waals surface area (Å²) in [7, 11) is 0. The first-order valence-electron chi connectivity index (χ1n) is 7.64. The molecule has 4 nitrogen and oxygen atoms in total. The molecule has 2 heterocycles. The highest BCUT2D eigenvalue weighted by atomic mass is 19.1. The lowest BCUT2D eigenvalue weighted by molar-refractivity contribution is -0.156. The molecule has 5 heteroatoms. The van der Waals surface area contributed by atoms with Gasteiger partial charge in [-0.25, -0.2) is 4.39 Å². The topological polar surface area (TPSA) is 38.8 Å². The van der Waals surface area contributed by atoms with Gasteiger partial charge in [0.1, 0.15) is 5.72 Å². The number of rotatable bonds is 4. The van der Waals surface area contributed by atoms with Crippen LogP contribution in [0, 0.1) is 5.92 Å². The van der Waals surface area contributed by atoms with Gasteiger partial charge in [0.2, 0.25) is 5.67 Å². The van der Waals surface area contributed by atoms with Crippen LogP contribution in [0.1, 0.15) is 26.3 Å². The largest absolute Gasteiger partial charge is 0.373 e. The molecule has 0 bridgehead atoms. The van der Waals surface area contributed by atoms with Crippen LogP contribution in [-0.2, 0) is 20.9 Å². The van der Waals surface area contributed by atoms with Gasteiger partial charge in [0, 0.05) is 5.92 Å². The Labute approximate surface area is 130 Å². The van der Waals surface area contributed by atoms with E-state index in [0.29, 0.717) is 13.2 Å². The second kappa shape index (κ2) is 5.32. The zero-order valence-electron chi connectivity index (χ0n) is 13.2. The van der Waals surface area contributed by atoms with Crippen molar-refractivity contribution in [3.63, 3.8) is 0 Å². The third-order valence-electron chi connectivity index (χ3n) is 4.82. The van der Waals surface area contributed by atoms with Crippen LogP contribution in [-0.4, -0.2) is 41.5 Å². The van der Waals surface area contributed by atoms with E-state index in [1.165, 1.54) is 0 Å². The first kappa shape index (κ1) is 15.4. The Morgan fingerprint density at radius 1 is 1.36 bits per heavy atom. The SMILES string of the molecule is C[C@H]1[C@H]2COC(C)(C)N2C(=O)[C@@]1(F)COCc1ccccc1. The molecular weight excluding hydrogens is 285 g/mol. The van der Waals surface area contributed by atoms with Crippen molar-refractivity contribution >= 4 is 5.91 Å². The van der Waals surface area contributed by atoms with Gasteiger partial charge in [0.05, 0.1) is 25.9 Å². The lowest BCUT2D eigenvalue weighted by Gasteiger charge is -2.30. The first-order valence-corrected chi connectivity index (χ1v) is 7.64. The van der Waals surface area contributed by atoms with Gasteiger partial charge in [0.15, 0.2) is 0 Å². The van der Waals surface area contributed by atoms with Crippen LogP contribution in [0.4, 0.5) is 4.39 Å². The molecule has 0 N–H and O–H groups in total. The second-order valence-corrected chi connectivity index (χ2v) is 6.63. The number of carbonyl (C=O) groups excluding carboxylic acids is 1. The van der Waals surface area contributed by atoms with Gasteiger partial charge in [-0.3, -0.25) is 4.79 Å². The quantitative estimate of drug-likeness (QED) is 0.858. The minimum atomic E-state index is -1.97. The average Bonchev–Trinajstić information content (AvgIpc) is 2.90. The summed E-state index contributed by atoms with van der Waals surface area (Å²) in [6.45, 7) is 5.83. The summed E-state index contributed by atoms with van der Waals surface area (Å²) in [6, 6.07) is 9.35. The fourth-order valence-corrected chi connectivity index (χ4v) is 3.38. The zero-order chi connectivity index (χ0) is 16.0. The van der Waals surface area contributed by atoms with Gasteiger partial charge < -0.3 is 14.4 Å². The molecule has 0 saturated carbocycles. The average molecular weight is 307 g/mol. The molecule has 1 amide bonds. The van der Waals surface area contributed by atoms with Crippen LogP contribution in [0.25, 0.3) is 0 Å². The van der Waals surface area contributed by atoms with Crippen molar-refractivity contribution < 1.29 is 18.7 Å². The fraction of sp³-hybridized carbons (Fsp3) is 0.588. The molecule has 2 aliphatic heterocycles. The number of carbonyl (C=O) groups is 1. The maximum atomic E-state index is 15.3. The molecule has 2 fully saturated rings. The van der Waals surface area contributed by atoms with Gasteiger partial charge in [-0.2, -0.15) is 0 Å². The van der Waals surface area contributed by atoms with Crippen LogP contribution >= 0.6 is 0 Å². The molecule has 0 aliphatic carbocycles. The predicted molar refractivity (Wildman–Crippen MR) is 79.8 cm³/mol. The number of hydrogen-bond acceptors (Lipinski definition) is 3. The zero-order valence-corrected chi connectivity index (χ0v) is 13.2. The first-order chi connectivity index (χ1) is 10.4. The van der Waals surface area contributed by atoms with Gasteiger partial charge in [-0.05, 0) is 19.4 Å². The molecule has 0 spiro atoms. The molecule has 22 heavy (non-hydrogen) atoms. The Balaban J connectivity index is 1.69. The standard InChI is InChI=1S/C17H22FNO3/c1-12-14-10-22-16(2,3)19(14)15(20)17(12,18)11-21-9-13-7-5-4-6-8-13/h4-8,12,14H,9-11H2,1-3H3/t12-,14+,17+/m0/s1. The van der Waals surface area contributed by atoms with Gasteiger partial charge >= 0.3 is 0 Å². The van der Waals surface area contributed by atoms with Crippen LogP contribution in [0.5, 0.6) is 0 Å². The molecule has 3 atom stereocenters. The van der Waals surface area contributed by atoms with Crippen molar-refractivity contribution in [3.05, 3.63) is 35.9 Å². The van der Waals surface area contributed by atoms with E-state index in [1.807, 2.05) is 30.3 Å². The maximum Gasteiger partial charge on any atom is 0.265 e. The minimum absolute atomic E-state index is 0.215. The lowest BCUT2D eigenvalue weighted by Crippen LogP contribution is -2.49. The highest BCUT2D eigenvalue weighted by Crippen LogP contribution is 2.45. The van der Waals surface area contributed by atoms with Crippen molar-refractivity contribution in [2.75, 3.05) is 13.2 Å². The number of nitrogens with zero attached hydrogens (tertiary/aromatic N) is 1. The fourth-order valence-electron chi connectivity index (χ4n) is 3.38. The summed E-state index contributed by atoms with van der Waals surface area (Å²) >= 11 is 0. The molecular formula is C17H22FNO3. The summed E-state index contributed by atoms with van der Waals surface area (Å²) in [5.41, 5.74) is -1.75. The van der Waals surface area contributed by atoms with Gasteiger partial charge in [0.25, 0.3) is 5.91 Å². The number of ether oxygens (including phenoxy) is 2. The lowest BCUT2D eigenvalue weighted by atomic mass is 9.90. The molecule has 120 valence electrons. The highest BCUT2D eigenvalue weighted by molar-refractivity contribution is 5.89. The van der Waals surface area contributed by atoms with Gasteiger partial charge in [-0.15, -0.1) is 0 Å². The molecule has 0 radical (unpaired) electrons. The maximum absolute atomic E-state index is 15.3. The number of benzene rings is 1. The molecule has 2 aliphatic rings. The highest BCUT2D eigenvalue weighted by Gasteiger charge is 2.64. The van der Waals surface area contributed by atoms with E-state index in [9.17, 15) is 4.79 Å². The second-order valence-electron chi connectivity index (χ2n) is 6.63. The third kappa shape index (κ3) is 2.32. The predicted octanol–water partition coefficient (Wildman–Crippen LogP) is 2.52. The van der Waals surface area contributed by atoms with Crippen molar-refractivity contribution in [3.8, 4) is 0 Å². The molecule has 3 rings (SSSR count).